The van der Waals surface area contributed by atoms with Crippen LogP contribution in [0.1, 0.15) is 23.0 Å². The number of benzene rings is 2. The fourth-order valence-corrected chi connectivity index (χ4v) is 2.65. The highest BCUT2D eigenvalue weighted by molar-refractivity contribution is 6.01. The lowest BCUT2D eigenvalue weighted by atomic mass is 9.99. The smallest absolute Gasteiger partial charge is 0.252 e. The van der Waals surface area contributed by atoms with Gasteiger partial charge in [0.25, 0.3) is 5.91 Å². The summed E-state index contributed by atoms with van der Waals surface area (Å²) in [5.74, 6) is -0.0779. The Morgan fingerprint density at radius 2 is 1.79 bits per heavy atom. The molecule has 1 amide bonds. The molecular weight excluding hydrogens is 298 g/mol. The third kappa shape index (κ3) is 3.84. The van der Waals surface area contributed by atoms with Crippen LogP contribution in [0.4, 0.5) is 0 Å². The highest BCUT2D eigenvalue weighted by Gasteiger charge is 2.15. The van der Waals surface area contributed by atoms with E-state index in [2.05, 4.69) is 15.3 Å². The molecule has 0 unspecified atom stereocenters. The Morgan fingerprint density at radius 3 is 2.54 bits per heavy atom. The second kappa shape index (κ2) is 7.51. The topological polar surface area (TPSA) is 54.9 Å². The summed E-state index contributed by atoms with van der Waals surface area (Å²) in [5, 5.41) is 3.05. The van der Waals surface area contributed by atoms with Gasteiger partial charge >= 0.3 is 0 Å². The molecule has 4 heteroatoms. The molecule has 0 spiro atoms. The summed E-state index contributed by atoms with van der Waals surface area (Å²) in [6.07, 6.45) is 5.67. The molecule has 0 saturated heterocycles. The maximum atomic E-state index is 12.7. The summed E-state index contributed by atoms with van der Waals surface area (Å²) in [6, 6.07) is 17.6. The zero-order valence-corrected chi connectivity index (χ0v) is 13.5. The number of carbonyl (C=O) groups is 1. The molecule has 0 bridgehead atoms. The maximum absolute atomic E-state index is 12.7. The predicted octanol–water partition coefficient (Wildman–Crippen LogP) is 3.50. The van der Waals surface area contributed by atoms with Gasteiger partial charge in [-0.15, -0.1) is 0 Å². The van der Waals surface area contributed by atoms with Gasteiger partial charge in [0.05, 0.1) is 5.69 Å². The van der Waals surface area contributed by atoms with Crippen molar-refractivity contribution >= 4 is 5.91 Å². The first-order valence-corrected chi connectivity index (χ1v) is 7.94. The quantitative estimate of drug-likeness (QED) is 0.783. The van der Waals surface area contributed by atoms with Crippen LogP contribution in [0.5, 0.6) is 0 Å². The van der Waals surface area contributed by atoms with Crippen molar-refractivity contribution in [3.63, 3.8) is 0 Å². The van der Waals surface area contributed by atoms with Crippen LogP contribution in [0.15, 0.2) is 73.2 Å². The Balaban J connectivity index is 1.76. The van der Waals surface area contributed by atoms with Gasteiger partial charge < -0.3 is 5.32 Å². The summed E-state index contributed by atoms with van der Waals surface area (Å²) >= 11 is 0. The molecule has 1 atom stereocenters. The predicted molar refractivity (Wildman–Crippen MR) is 94.5 cm³/mol. The number of aromatic nitrogens is 2. The molecule has 1 aromatic heterocycles. The lowest BCUT2D eigenvalue weighted by Crippen LogP contribution is -2.34. The molecule has 0 aliphatic heterocycles. The van der Waals surface area contributed by atoms with E-state index in [0.717, 1.165) is 16.8 Å². The van der Waals surface area contributed by atoms with Gasteiger partial charge in [0, 0.05) is 36.6 Å². The number of nitrogens with zero attached hydrogens (tertiary/aromatic N) is 2. The second-order valence-electron chi connectivity index (χ2n) is 5.69. The highest BCUT2D eigenvalue weighted by Crippen LogP contribution is 2.23. The summed E-state index contributed by atoms with van der Waals surface area (Å²) in [6.45, 7) is 1.97. The van der Waals surface area contributed by atoms with Crippen molar-refractivity contribution in [1.29, 1.82) is 0 Å². The average molecular weight is 317 g/mol. The number of hydrogen-bond acceptors (Lipinski definition) is 3. The first kappa shape index (κ1) is 15.9. The van der Waals surface area contributed by atoms with Gasteiger partial charge in [-0.2, -0.15) is 0 Å². The number of hydrogen-bond donors (Lipinski definition) is 1. The van der Waals surface area contributed by atoms with E-state index in [9.17, 15) is 4.79 Å². The van der Waals surface area contributed by atoms with Gasteiger partial charge in [-0.1, -0.05) is 48.5 Å². The van der Waals surface area contributed by atoms with Gasteiger partial charge in [0.1, 0.15) is 0 Å². The van der Waals surface area contributed by atoms with Crippen LogP contribution in [-0.2, 0) is 6.42 Å². The first-order valence-electron chi connectivity index (χ1n) is 7.94. The van der Waals surface area contributed by atoms with Crippen LogP contribution in [0.25, 0.3) is 11.1 Å². The highest BCUT2D eigenvalue weighted by atomic mass is 16.1. The minimum Gasteiger partial charge on any atom is -0.349 e. The molecule has 0 fully saturated rings. The number of nitrogens with one attached hydrogen (secondary N) is 1. The van der Waals surface area contributed by atoms with Crippen molar-refractivity contribution < 1.29 is 4.79 Å². The monoisotopic (exact) mass is 317 g/mol. The normalized spacial score (nSPS) is 11.7. The summed E-state index contributed by atoms with van der Waals surface area (Å²) in [5.41, 5.74) is 3.50. The number of rotatable bonds is 5. The van der Waals surface area contributed by atoms with E-state index in [1.165, 1.54) is 0 Å². The van der Waals surface area contributed by atoms with Crippen molar-refractivity contribution in [1.82, 2.24) is 15.3 Å². The average Bonchev–Trinajstić information content (AvgIpc) is 2.63. The van der Waals surface area contributed by atoms with Gasteiger partial charge in [-0.05, 0) is 24.1 Å². The molecule has 0 aliphatic carbocycles. The van der Waals surface area contributed by atoms with Gasteiger partial charge in [0.2, 0.25) is 0 Å². The molecule has 0 aliphatic rings. The molecule has 3 aromatic rings. The van der Waals surface area contributed by atoms with Gasteiger partial charge in [-0.3, -0.25) is 14.8 Å². The lowest BCUT2D eigenvalue weighted by Gasteiger charge is -2.15. The largest absolute Gasteiger partial charge is 0.349 e. The second-order valence-corrected chi connectivity index (χ2v) is 5.69. The Hall–Kier alpha value is -3.01. The summed E-state index contributed by atoms with van der Waals surface area (Å²) < 4.78 is 0. The molecule has 3 rings (SSSR count). The third-order valence-corrected chi connectivity index (χ3v) is 3.77. The van der Waals surface area contributed by atoms with Gasteiger partial charge in [0.15, 0.2) is 0 Å². The van der Waals surface area contributed by atoms with Crippen LogP contribution in [-0.4, -0.2) is 21.9 Å². The van der Waals surface area contributed by atoms with Crippen molar-refractivity contribution in [2.45, 2.75) is 19.4 Å². The Kier molecular flexibility index (Phi) is 4.96. The Morgan fingerprint density at radius 1 is 1.04 bits per heavy atom. The van der Waals surface area contributed by atoms with E-state index in [1.54, 1.807) is 18.6 Å². The molecule has 120 valence electrons. The summed E-state index contributed by atoms with van der Waals surface area (Å²) in [7, 11) is 0. The zero-order valence-electron chi connectivity index (χ0n) is 13.5. The lowest BCUT2D eigenvalue weighted by molar-refractivity contribution is 0.0940. The molecule has 0 saturated carbocycles. The standard InChI is InChI=1S/C20H19N3O/c1-15(13-17-14-21-11-12-22-17)23-20(24)19-10-6-5-9-18(19)16-7-3-2-4-8-16/h2-12,14-15H,13H2,1H3,(H,23,24)/t15-/m0/s1. The van der Waals surface area contributed by atoms with Gasteiger partial charge in [-0.25, -0.2) is 0 Å². The van der Waals surface area contributed by atoms with Crippen molar-refractivity contribution in [2.75, 3.05) is 0 Å². The molecule has 4 nitrogen and oxygen atoms in total. The van der Waals surface area contributed by atoms with Crippen LogP contribution < -0.4 is 5.32 Å². The zero-order chi connectivity index (χ0) is 16.8. The van der Waals surface area contributed by atoms with Crippen molar-refractivity contribution in [3.05, 3.63) is 84.4 Å². The van der Waals surface area contributed by atoms with E-state index in [-0.39, 0.29) is 11.9 Å². The number of carbonyl (C=O) groups excluding carboxylic acids is 1. The molecular formula is C20H19N3O. The Labute approximate surface area is 141 Å². The van der Waals surface area contributed by atoms with E-state index in [1.807, 2.05) is 61.5 Å². The minimum atomic E-state index is -0.0779. The number of amides is 1. The van der Waals surface area contributed by atoms with Crippen LogP contribution >= 0.6 is 0 Å². The van der Waals surface area contributed by atoms with Crippen LogP contribution in [0.2, 0.25) is 0 Å². The third-order valence-electron chi connectivity index (χ3n) is 3.77. The molecule has 1 N–H and O–H groups in total. The molecule has 1 heterocycles. The molecule has 2 aromatic carbocycles. The maximum Gasteiger partial charge on any atom is 0.252 e. The van der Waals surface area contributed by atoms with Crippen molar-refractivity contribution in [3.8, 4) is 11.1 Å². The van der Waals surface area contributed by atoms with E-state index >= 15 is 0 Å². The SMILES string of the molecule is C[C@@H](Cc1cnccn1)NC(=O)c1ccccc1-c1ccccc1. The minimum absolute atomic E-state index is 0.0296. The molecule has 24 heavy (non-hydrogen) atoms. The summed E-state index contributed by atoms with van der Waals surface area (Å²) in [4.78, 5) is 21.0. The van der Waals surface area contributed by atoms with Crippen molar-refractivity contribution in [2.24, 2.45) is 0 Å². The fourth-order valence-electron chi connectivity index (χ4n) is 2.65. The Bertz CT molecular complexity index is 803. The van der Waals surface area contributed by atoms with Crippen LogP contribution in [0, 0.1) is 0 Å². The molecule has 0 radical (unpaired) electrons. The first-order chi connectivity index (χ1) is 11.7. The van der Waals surface area contributed by atoms with Crippen LogP contribution in [0.3, 0.4) is 0 Å². The fraction of sp³-hybridized carbons (Fsp3) is 0.150. The van der Waals surface area contributed by atoms with E-state index in [0.29, 0.717) is 12.0 Å². The van der Waals surface area contributed by atoms with E-state index in [4.69, 9.17) is 0 Å². The van der Waals surface area contributed by atoms with E-state index < -0.39 is 0 Å².